The average molecular weight is 459 g/mol. The summed E-state index contributed by atoms with van der Waals surface area (Å²) < 4.78 is 9.40. The number of methoxy groups -OCH3 is 2. The van der Waals surface area contributed by atoms with Crippen molar-refractivity contribution in [3.8, 4) is 0 Å². The predicted molar refractivity (Wildman–Crippen MR) is 117 cm³/mol. The first-order chi connectivity index (χ1) is 15.8. The van der Waals surface area contributed by atoms with Crippen LogP contribution in [-0.2, 0) is 23.9 Å². The lowest BCUT2D eigenvalue weighted by Crippen LogP contribution is -2.67. The van der Waals surface area contributed by atoms with E-state index in [-0.39, 0.29) is 53.6 Å². The lowest BCUT2D eigenvalue weighted by atomic mass is 9.85. The second-order valence-electron chi connectivity index (χ2n) is 8.17. The summed E-state index contributed by atoms with van der Waals surface area (Å²) in [7, 11) is 2.40. The summed E-state index contributed by atoms with van der Waals surface area (Å²) in [6.45, 7) is 1.73. The van der Waals surface area contributed by atoms with Crippen molar-refractivity contribution >= 4 is 35.3 Å². The molecule has 0 aromatic heterocycles. The Morgan fingerprint density at radius 3 is 2.21 bits per heavy atom. The number of benzene rings is 1. The molecule has 1 aromatic rings. The molecule has 1 aliphatic carbocycles. The van der Waals surface area contributed by atoms with Gasteiger partial charge in [0.2, 0.25) is 17.7 Å². The zero-order valence-electron chi connectivity index (χ0n) is 19.0. The number of nitrogens with one attached hydrogen (secondary N) is 2. The molecule has 0 bridgehead atoms. The number of hydrogen-bond acceptors (Lipinski definition) is 7. The average Bonchev–Trinajstić information content (AvgIpc) is 2.82. The van der Waals surface area contributed by atoms with E-state index in [2.05, 4.69) is 10.6 Å². The molecule has 178 valence electrons. The lowest BCUT2D eigenvalue weighted by Gasteiger charge is -2.48. The highest BCUT2D eigenvalue weighted by Crippen LogP contribution is 2.30. The van der Waals surface area contributed by atoms with E-state index < -0.39 is 23.9 Å². The van der Waals surface area contributed by atoms with Crippen LogP contribution in [0.25, 0.3) is 0 Å². The SMILES string of the molecule is CCC(=O)N1[C@H](CC(=O)Nc2cc(C(=O)OC)cc(C(=O)OC)c2)C(=O)N[C@@H]2CCCC[C@@H]21. The molecule has 0 spiro atoms. The fraction of sp³-hybridized carbons (Fsp3) is 0.522. The number of hydrogen-bond donors (Lipinski definition) is 2. The zero-order valence-corrected chi connectivity index (χ0v) is 19.0. The number of rotatable bonds is 6. The largest absolute Gasteiger partial charge is 0.465 e. The molecule has 33 heavy (non-hydrogen) atoms. The maximum absolute atomic E-state index is 12.9. The molecular weight excluding hydrogens is 430 g/mol. The van der Waals surface area contributed by atoms with Gasteiger partial charge < -0.3 is 25.0 Å². The summed E-state index contributed by atoms with van der Waals surface area (Å²) in [5, 5.41) is 5.60. The van der Waals surface area contributed by atoms with Crippen molar-refractivity contribution in [3.05, 3.63) is 29.3 Å². The fourth-order valence-electron chi connectivity index (χ4n) is 4.54. The van der Waals surface area contributed by atoms with Crippen molar-refractivity contribution in [3.63, 3.8) is 0 Å². The number of esters is 2. The van der Waals surface area contributed by atoms with Gasteiger partial charge in [-0.3, -0.25) is 14.4 Å². The third-order valence-electron chi connectivity index (χ3n) is 6.08. The van der Waals surface area contributed by atoms with E-state index in [9.17, 15) is 24.0 Å². The van der Waals surface area contributed by atoms with Crippen molar-refractivity contribution < 1.29 is 33.4 Å². The van der Waals surface area contributed by atoms with Gasteiger partial charge in [-0.05, 0) is 31.0 Å². The molecule has 0 radical (unpaired) electrons. The summed E-state index contributed by atoms with van der Waals surface area (Å²) in [5.41, 5.74) is 0.279. The zero-order chi connectivity index (χ0) is 24.1. The van der Waals surface area contributed by atoms with E-state index >= 15 is 0 Å². The van der Waals surface area contributed by atoms with Crippen molar-refractivity contribution in [2.75, 3.05) is 19.5 Å². The summed E-state index contributed by atoms with van der Waals surface area (Å²) in [6, 6.07) is 2.87. The van der Waals surface area contributed by atoms with Crippen molar-refractivity contribution in [2.45, 2.75) is 63.6 Å². The van der Waals surface area contributed by atoms with Crippen LogP contribution in [0, 0.1) is 0 Å². The molecule has 3 amide bonds. The van der Waals surface area contributed by atoms with Crippen molar-refractivity contribution in [1.82, 2.24) is 10.2 Å². The van der Waals surface area contributed by atoms with Crippen molar-refractivity contribution in [2.24, 2.45) is 0 Å². The van der Waals surface area contributed by atoms with Crippen LogP contribution in [0.4, 0.5) is 5.69 Å². The quantitative estimate of drug-likeness (QED) is 0.618. The van der Waals surface area contributed by atoms with E-state index in [1.54, 1.807) is 11.8 Å². The summed E-state index contributed by atoms with van der Waals surface area (Å²) >= 11 is 0. The Morgan fingerprint density at radius 1 is 1.03 bits per heavy atom. The molecule has 2 N–H and O–H groups in total. The van der Waals surface area contributed by atoms with E-state index in [0.717, 1.165) is 25.7 Å². The number of carbonyl (C=O) groups is 5. The number of anilines is 1. The first-order valence-corrected chi connectivity index (χ1v) is 11.0. The smallest absolute Gasteiger partial charge is 0.337 e. The Hall–Kier alpha value is -3.43. The van der Waals surface area contributed by atoms with Crippen LogP contribution >= 0.6 is 0 Å². The van der Waals surface area contributed by atoms with Gasteiger partial charge in [-0.15, -0.1) is 0 Å². The number of carbonyl (C=O) groups excluding carboxylic acids is 5. The van der Waals surface area contributed by atoms with Crippen molar-refractivity contribution in [1.29, 1.82) is 0 Å². The first-order valence-electron chi connectivity index (χ1n) is 11.0. The molecule has 10 nitrogen and oxygen atoms in total. The van der Waals surface area contributed by atoms with Gasteiger partial charge in [0.1, 0.15) is 6.04 Å². The van der Waals surface area contributed by atoms with Crippen LogP contribution in [-0.4, -0.2) is 66.9 Å². The number of ether oxygens (including phenoxy) is 2. The van der Waals surface area contributed by atoms with Crippen LogP contribution in [0.3, 0.4) is 0 Å². The van der Waals surface area contributed by atoms with Crippen LogP contribution in [0.5, 0.6) is 0 Å². The lowest BCUT2D eigenvalue weighted by molar-refractivity contribution is -0.151. The molecule has 2 aliphatic rings. The van der Waals surface area contributed by atoms with E-state index in [1.807, 2.05) is 0 Å². The van der Waals surface area contributed by atoms with Crippen LogP contribution in [0.2, 0.25) is 0 Å². The highest BCUT2D eigenvalue weighted by molar-refractivity contribution is 6.01. The summed E-state index contributed by atoms with van der Waals surface area (Å²) in [6.07, 6.45) is 3.51. The first kappa shape index (κ1) is 24.2. The minimum Gasteiger partial charge on any atom is -0.465 e. The van der Waals surface area contributed by atoms with Gasteiger partial charge in [0.15, 0.2) is 0 Å². The molecule has 3 atom stereocenters. The second kappa shape index (κ2) is 10.5. The Labute approximate surface area is 192 Å². The summed E-state index contributed by atoms with van der Waals surface area (Å²) in [4.78, 5) is 64.0. The van der Waals surface area contributed by atoms with Crippen LogP contribution < -0.4 is 10.6 Å². The fourth-order valence-corrected chi connectivity index (χ4v) is 4.54. The highest BCUT2D eigenvalue weighted by Gasteiger charge is 2.45. The monoisotopic (exact) mass is 459 g/mol. The Balaban J connectivity index is 1.82. The maximum Gasteiger partial charge on any atom is 0.337 e. The molecule has 1 saturated carbocycles. The summed E-state index contributed by atoms with van der Waals surface area (Å²) in [5.74, 6) is -2.43. The molecule has 0 unspecified atom stereocenters. The van der Waals surface area contributed by atoms with Crippen LogP contribution in [0.15, 0.2) is 18.2 Å². The van der Waals surface area contributed by atoms with Gasteiger partial charge in [-0.1, -0.05) is 19.8 Å². The molecule has 3 rings (SSSR count). The number of fused-ring (bicyclic) bond motifs is 1. The Morgan fingerprint density at radius 2 is 1.64 bits per heavy atom. The Bertz CT molecular complexity index is 927. The van der Waals surface area contributed by atoms with Gasteiger partial charge in [0.05, 0.1) is 37.8 Å². The third kappa shape index (κ3) is 5.32. The standard InChI is InChI=1S/C23H29N3O7/c1-4-20(28)26-17-8-6-5-7-16(17)25-21(29)18(26)12-19(27)24-15-10-13(22(30)32-2)9-14(11-15)23(31)33-3/h9-11,16-18H,4-8,12H2,1-3H3,(H,24,27)(H,25,29)/t16-,17+,18-/m1/s1. The molecular formula is C23H29N3O7. The van der Waals surface area contributed by atoms with Crippen LogP contribution in [0.1, 0.15) is 66.2 Å². The topological polar surface area (TPSA) is 131 Å². The molecule has 1 saturated heterocycles. The number of piperazine rings is 1. The Kier molecular flexibility index (Phi) is 7.67. The third-order valence-corrected chi connectivity index (χ3v) is 6.08. The van der Waals surface area contributed by atoms with E-state index in [1.165, 1.54) is 32.4 Å². The van der Waals surface area contributed by atoms with Gasteiger partial charge in [-0.2, -0.15) is 0 Å². The highest BCUT2D eigenvalue weighted by atomic mass is 16.5. The van der Waals surface area contributed by atoms with E-state index in [0.29, 0.717) is 0 Å². The molecule has 10 heteroatoms. The van der Waals surface area contributed by atoms with Gasteiger partial charge >= 0.3 is 11.9 Å². The molecule has 1 aromatic carbocycles. The number of nitrogens with zero attached hydrogens (tertiary/aromatic N) is 1. The van der Waals surface area contributed by atoms with Gasteiger partial charge in [0.25, 0.3) is 0 Å². The number of amides is 3. The maximum atomic E-state index is 12.9. The molecule has 1 heterocycles. The second-order valence-corrected chi connectivity index (χ2v) is 8.17. The molecule has 1 aliphatic heterocycles. The van der Waals surface area contributed by atoms with Gasteiger partial charge in [0, 0.05) is 18.2 Å². The van der Waals surface area contributed by atoms with Gasteiger partial charge in [-0.25, -0.2) is 9.59 Å². The van der Waals surface area contributed by atoms with E-state index in [4.69, 9.17) is 9.47 Å². The minimum absolute atomic E-state index is 0.0546. The minimum atomic E-state index is -0.930. The normalized spacial score (nSPS) is 22.0. The molecule has 2 fully saturated rings. The predicted octanol–water partition coefficient (Wildman–Crippen LogP) is 1.64.